The summed E-state index contributed by atoms with van der Waals surface area (Å²) in [7, 11) is 0. The van der Waals surface area contributed by atoms with Crippen LogP contribution in [0.15, 0.2) is 0 Å². The highest BCUT2D eigenvalue weighted by Crippen LogP contribution is 2.26. The largest absolute Gasteiger partial charge is 0.352 e. The van der Waals surface area contributed by atoms with E-state index in [2.05, 4.69) is 26.1 Å². The van der Waals surface area contributed by atoms with Crippen LogP contribution in [0.4, 0.5) is 0 Å². The molecule has 1 amide bonds. The molecule has 3 unspecified atom stereocenters. The van der Waals surface area contributed by atoms with E-state index in [9.17, 15) is 4.79 Å². The summed E-state index contributed by atoms with van der Waals surface area (Å²) in [6, 6.07) is 0.427. The maximum Gasteiger partial charge on any atom is 0.230 e. The minimum Gasteiger partial charge on any atom is -0.352 e. The lowest BCUT2D eigenvalue weighted by Gasteiger charge is -2.42. The van der Waals surface area contributed by atoms with Crippen molar-refractivity contribution >= 4 is 21.8 Å². The van der Waals surface area contributed by atoms with Gasteiger partial charge in [-0.2, -0.15) is 0 Å². The summed E-state index contributed by atoms with van der Waals surface area (Å²) >= 11 is 3.19. The molecule has 0 aromatic heterocycles. The topological polar surface area (TPSA) is 32.3 Å². The van der Waals surface area contributed by atoms with Gasteiger partial charge in [0.05, 0.1) is 5.33 Å². The molecule has 14 heavy (non-hydrogen) atoms. The van der Waals surface area contributed by atoms with E-state index in [4.69, 9.17) is 0 Å². The van der Waals surface area contributed by atoms with Gasteiger partial charge in [0.1, 0.15) is 0 Å². The van der Waals surface area contributed by atoms with E-state index in [1.807, 2.05) is 0 Å². The van der Waals surface area contributed by atoms with Crippen LogP contribution in [0.5, 0.6) is 0 Å². The molecule has 0 aliphatic carbocycles. The second-order valence-corrected chi connectivity index (χ2v) is 4.86. The number of carbonyl (C=O) groups is 1. The standard InChI is InChI=1S/C10H17BrN2O/c11-6-10(14)12-9-3-5-13-4-1-2-8(9)7-13/h8-9H,1-7H2,(H,12,14). The van der Waals surface area contributed by atoms with Gasteiger partial charge in [-0.25, -0.2) is 0 Å². The smallest absolute Gasteiger partial charge is 0.230 e. The number of hydrogen-bond donors (Lipinski definition) is 1. The summed E-state index contributed by atoms with van der Waals surface area (Å²) < 4.78 is 0. The highest BCUT2D eigenvalue weighted by atomic mass is 79.9. The van der Waals surface area contributed by atoms with Gasteiger partial charge in [0.2, 0.25) is 5.91 Å². The quantitative estimate of drug-likeness (QED) is 0.751. The monoisotopic (exact) mass is 260 g/mol. The predicted molar refractivity (Wildman–Crippen MR) is 59.5 cm³/mol. The normalized spacial score (nSPS) is 36.5. The number of nitrogens with one attached hydrogen (secondary N) is 1. The van der Waals surface area contributed by atoms with Crippen LogP contribution in [0.3, 0.4) is 0 Å². The van der Waals surface area contributed by atoms with Gasteiger partial charge < -0.3 is 10.2 Å². The Morgan fingerprint density at radius 3 is 3.07 bits per heavy atom. The third kappa shape index (κ3) is 2.28. The Balaban J connectivity index is 1.89. The van der Waals surface area contributed by atoms with Gasteiger partial charge in [-0.1, -0.05) is 15.9 Å². The highest BCUT2D eigenvalue weighted by molar-refractivity contribution is 9.09. The minimum absolute atomic E-state index is 0.133. The number of piperidine rings is 2. The third-order valence-electron chi connectivity index (χ3n) is 3.34. The Kier molecular flexibility index (Phi) is 3.44. The zero-order valence-corrected chi connectivity index (χ0v) is 9.92. The van der Waals surface area contributed by atoms with Gasteiger partial charge >= 0.3 is 0 Å². The van der Waals surface area contributed by atoms with Crippen molar-refractivity contribution in [3.63, 3.8) is 0 Å². The molecule has 1 N–H and O–H groups in total. The number of hydrogen-bond acceptors (Lipinski definition) is 2. The van der Waals surface area contributed by atoms with Gasteiger partial charge in [0.15, 0.2) is 0 Å². The molecular weight excluding hydrogens is 244 g/mol. The van der Waals surface area contributed by atoms with Gasteiger partial charge in [0, 0.05) is 19.1 Å². The number of carbonyl (C=O) groups excluding carboxylic acids is 1. The third-order valence-corrected chi connectivity index (χ3v) is 3.84. The molecule has 4 heteroatoms. The summed E-state index contributed by atoms with van der Waals surface area (Å²) in [5.41, 5.74) is 0. The fraction of sp³-hybridized carbons (Fsp3) is 0.900. The van der Waals surface area contributed by atoms with Crippen LogP contribution in [0.25, 0.3) is 0 Å². The lowest BCUT2D eigenvalue weighted by Crippen LogP contribution is -2.53. The number of halogens is 1. The summed E-state index contributed by atoms with van der Waals surface area (Å²) in [6.07, 6.45) is 3.71. The van der Waals surface area contributed by atoms with Gasteiger partial charge in [-0.3, -0.25) is 4.79 Å². The molecule has 2 bridgehead atoms. The van der Waals surface area contributed by atoms with Crippen LogP contribution in [-0.2, 0) is 4.79 Å². The average molecular weight is 261 g/mol. The summed E-state index contributed by atoms with van der Waals surface area (Å²) in [5, 5.41) is 3.54. The maximum atomic E-state index is 11.3. The highest BCUT2D eigenvalue weighted by Gasteiger charge is 2.32. The van der Waals surface area contributed by atoms with E-state index < -0.39 is 0 Å². The molecule has 2 aliphatic heterocycles. The van der Waals surface area contributed by atoms with Gasteiger partial charge in [0.25, 0.3) is 0 Å². The summed E-state index contributed by atoms with van der Waals surface area (Å²) in [4.78, 5) is 13.8. The van der Waals surface area contributed by atoms with E-state index in [1.165, 1.54) is 25.9 Å². The first kappa shape index (κ1) is 10.4. The van der Waals surface area contributed by atoms with E-state index in [-0.39, 0.29) is 5.91 Å². The number of rotatable bonds is 2. The van der Waals surface area contributed by atoms with Crippen molar-refractivity contribution in [1.82, 2.24) is 10.2 Å². The number of fused-ring (bicyclic) bond motifs is 2. The molecule has 2 fully saturated rings. The molecule has 3 nitrogen and oxygen atoms in total. The van der Waals surface area contributed by atoms with E-state index in [0.717, 1.165) is 13.0 Å². The lowest BCUT2D eigenvalue weighted by molar-refractivity contribution is -0.120. The zero-order valence-electron chi connectivity index (χ0n) is 8.34. The molecular formula is C10H17BrN2O. The Morgan fingerprint density at radius 2 is 2.29 bits per heavy atom. The number of alkyl halides is 1. The van der Waals surface area contributed by atoms with E-state index in [0.29, 0.717) is 17.3 Å². The van der Waals surface area contributed by atoms with Crippen LogP contribution in [0, 0.1) is 5.92 Å². The van der Waals surface area contributed by atoms with Crippen molar-refractivity contribution in [2.24, 2.45) is 5.92 Å². The first-order valence-electron chi connectivity index (χ1n) is 5.37. The fourth-order valence-corrected chi connectivity index (χ4v) is 2.78. The Hall–Kier alpha value is -0.0900. The molecule has 2 aliphatic rings. The van der Waals surface area contributed by atoms with Crippen molar-refractivity contribution in [2.75, 3.05) is 25.0 Å². The second kappa shape index (κ2) is 4.62. The molecule has 0 spiro atoms. The molecule has 2 heterocycles. The number of amides is 1. The predicted octanol–water partition coefficient (Wildman–Crippen LogP) is 0.982. The molecule has 0 aromatic rings. The van der Waals surface area contributed by atoms with E-state index in [1.54, 1.807) is 0 Å². The average Bonchev–Trinajstić information content (AvgIpc) is 2.23. The second-order valence-electron chi connectivity index (χ2n) is 4.30. The van der Waals surface area contributed by atoms with Crippen LogP contribution < -0.4 is 5.32 Å². The molecule has 2 rings (SSSR count). The first-order chi connectivity index (χ1) is 6.79. The first-order valence-corrected chi connectivity index (χ1v) is 6.49. The van der Waals surface area contributed by atoms with Gasteiger partial charge in [-0.05, 0) is 31.7 Å². The van der Waals surface area contributed by atoms with E-state index >= 15 is 0 Å². The zero-order chi connectivity index (χ0) is 9.97. The van der Waals surface area contributed by atoms with Crippen molar-refractivity contribution in [3.8, 4) is 0 Å². The molecule has 0 radical (unpaired) electrons. The van der Waals surface area contributed by atoms with Crippen LogP contribution >= 0.6 is 15.9 Å². The Morgan fingerprint density at radius 1 is 1.43 bits per heavy atom. The summed E-state index contributed by atoms with van der Waals surface area (Å²) in [5.74, 6) is 0.828. The number of nitrogens with zero attached hydrogens (tertiary/aromatic N) is 1. The molecule has 3 atom stereocenters. The van der Waals surface area contributed by atoms with Crippen molar-refractivity contribution in [2.45, 2.75) is 25.3 Å². The maximum absolute atomic E-state index is 11.3. The SMILES string of the molecule is O=C(CBr)NC1CCN2CCCC1C2. The molecule has 0 aromatic carbocycles. The van der Waals surface area contributed by atoms with Crippen molar-refractivity contribution in [1.29, 1.82) is 0 Å². The Bertz CT molecular complexity index is 222. The van der Waals surface area contributed by atoms with Crippen molar-refractivity contribution in [3.05, 3.63) is 0 Å². The van der Waals surface area contributed by atoms with Gasteiger partial charge in [-0.15, -0.1) is 0 Å². The van der Waals surface area contributed by atoms with Crippen LogP contribution in [0.1, 0.15) is 19.3 Å². The van der Waals surface area contributed by atoms with Crippen LogP contribution in [0.2, 0.25) is 0 Å². The fourth-order valence-electron chi connectivity index (χ4n) is 2.62. The van der Waals surface area contributed by atoms with Crippen molar-refractivity contribution < 1.29 is 4.79 Å². The lowest BCUT2D eigenvalue weighted by atomic mass is 9.85. The summed E-state index contributed by atoms with van der Waals surface area (Å²) in [6.45, 7) is 3.60. The van der Waals surface area contributed by atoms with Crippen LogP contribution in [-0.4, -0.2) is 41.8 Å². The minimum atomic E-state index is 0.133. The molecule has 2 saturated heterocycles. The molecule has 0 saturated carbocycles. The Labute approximate surface area is 93.4 Å². The molecule has 80 valence electrons.